The van der Waals surface area contributed by atoms with E-state index in [1.165, 1.54) is 5.56 Å². The predicted octanol–water partition coefficient (Wildman–Crippen LogP) is 6.56. The van der Waals surface area contributed by atoms with E-state index in [9.17, 15) is 9.59 Å². The number of carbonyl (C=O) groups excluding carboxylic acids is 2. The molecule has 3 rings (SSSR count). The maximum atomic E-state index is 13.6. The number of benzene rings is 3. The number of hydrogen-bond acceptors (Lipinski definition) is 3. The third kappa shape index (κ3) is 8.31. The number of likely N-dealkylation sites (N-methyl/N-ethyl adjacent to an activating group) is 1. The van der Waals surface area contributed by atoms with Gasteiger partial charge in [0.1, 0.15) is 6.04 Å². The Balaban J connectivity index is 1.84. The van der Waals surface area contributed by atoms with Gasteiger partial charge in [-0.3, -0.25) is 9.59 Å². The summed E-state index contributed by atoms with van der Waals surface area (Å²) in [6.07, 6.45) is 0.732. The maximum absolute atomic E-state index is 13.6. The maximum Gasteiger partial charge on any atom is 0.243 e. The zero-order chi connectivity index (χ0) is 25.2. The number of amides is 2. The second-order valence-corrected chi connectivity index (χ2v) is 10.3. The average Bonchev–Trinajstić information content (AvgIpc) is 2.85. The van der Waals surface area contributed by atoms with E-state index in [4.69, 9.17) is 23.2 Å². The Morgan fingerprint density at radius 2 is 1.66 bits per heavy atom. The number of nitrogens with one attached hydrogen (secondary N) is 1. The highest BCUT2D eigenvalue weighted by Crippen LogP contribution is 2.25. The highest BCUT2D eigenvalue weighted by Gasteiger charge is 2.30. The molecular formula is C28H30Cl2N2O2S. The van der Waals surface area contributed by atoms with Crippen LogP contribution in [0.25, 0.3) is 0 Å². The average molecular weight is 530 g/mol. The van der Waals surface area contributed by atoms with Gasteiger partial charge < -0.3 is 10.2 Å². The molecule has 1 N–H and O–H groups in total. The molecule has 0 saturated heterocycles. The van der Waals surface area contributed by atoms with Crippen LogP contribution in [0.15, 0.2) is 77.7 Å². The Labute approximate surface area is 222 Å². The summed E-state index contributed by atoms with van der Waals surface area (Å²) < 4.78 is 0. The van der Waals surface area contributed by atoms with Crippen molar-refractivity contribution in [1.29, 1.82) is 0 Å². The zero-order valence-electron chi connectivity index (χ0n) is 20.0. The van der Waals surface area contributed by atoms with E-state index in [0.29, 0.717) is 35.2 Å². The summed E-state index contributed by atoms with van der Waals surface area (Å²) in [6.45, 7) is 4.68. The van der Waals surface area contributed by atoms with Crippen LogP contribution in [0, 0.1) is 6.92 Å². The Morgan fingerprint density at radius 1 is 0.943 bits per heavy atom. The van der Waals surface area contributed by atoms with Crippen molar-refractivity contribution in [3.63, 3.8) is 0 Å². The van der Waals surface area contributed by atoms with Gasteiger partial charge in [-0.2, -0.15) is 0 Å². The molecule has 4 nitrogen and oxygen atoms in total. The number of carbonyl (C=O) groups is 2. The fourth-order valence-corrected chi connectivity index (χ4v) is 4.88. The molecule has 7 heteroatoms. The molecule has 0 heterocycles. The number of halogens is 2. The molecule has 0 saturated carbocycles. The van der Waals surface area contributed by atoms with Crippen molar-refractivity contribution in [3.8, 4) is 0 Å². The third-order valence-corrected chi connectivity index (χ3v) is 7.32. The van der Waals surface area contributed by atoms with E-state index >= 15 is 0 Å². The highest BCUT2D eigenvalue weighted by atomic mass is 35.5. The van der Waals surface area contributed by atoms with Crippen molar-refractivity contribution in [2.45, 2.75) is 44.2 Å². The smallest absolute Gasteiger partial charge is 0.243 e. The first-order valence-corrected chi connectivity index (χ1v) is 13.4. The van der Waals surface area contributed by atoms with Crippen LogP contribution >= 0.6 is 35.0 Å². The molecule has 0 aliphatic carbocycles. The topological polar surface area (TPSA) is 49.4 Å². The van der Waals surface area contributed by atoms with Gasteiger partial charge in [-0.15, -0.1) is 11.8 Å². The minimum absolute atomic E-state index is 0.0807. The van der Waals surface area contributed by atoms with Gasteiger partial charge in [-0.1, -0.05) is 77.3 Å². The summed E-state index contributed by atoms with van der Waals surface area (Å²) >= 11 is 14.0. The Hall–Kier alpha value is -2.47. The molecule has 0 aromatic heterocycles. The van der Waals surface area contributed by atoms with E-state index in [-0.39, 0.29) is 18.4 Å². The number of hydrogen-bond donors (Lipinski definition) is 1. The molecule has 0 unspecified atom stereocenters. The van der Waals surface area contributed by atoms with Crippen LogP contribution in [-0.4, -0.2) is 35.1 Å². The van der Waals surface area contributed by atoms with E-state index < -0.39 is 6.04 Å². The largest absolute Gasteiger partial charge is 0.355 e. The zero-order valence-corrected chi connectivity index (χ0v) is 22.3. The lowest BCUT2D eigenvalue weighted by Gasteiger charge is -2.31. The first-order chi connectivity index (χ1) is 16.9. The molecular weight excluding hydrogens is 499 g/mol. The first-order valence-electron chi connectivity index (χ1n) is 11.6. The summed E-state index contributed by atoms with van der Waals surface area (Å²) in [5, 5.41) is 3.78. The van der Waals surface area contributed by atoms with Crippen LogP contribution in [-0.2, 0) is 22.6 Å². The Bertz CT molecular complexity index is 1120. The lowest BCUT2D eigenvalue weighted by molar-refractivity contribution is -0.140. The summed E-state index contributed by atoms with van der Waals surface area (Å²) in [4.78, 5) is 29.5. The monoisotopic (exact) mass is 528 g/mol. The predicted molar refractivity (Wildman–Crippen MR) is 146 cm³/mol. The van der Waals surface area contributed by atoms with Crippen LogP contribution < -0.4 is 5.32 Å². The van der Waals surface area contributed by atoms with E-state index in [1.807, 2.05) is 50.2 Å². The van der Waals surface area contributed by atoms with Crippen molar-refractivity contribution in [3.05, 3.63) is 99.5 Å². The van der Waals surface area contributed by atoms with E-state index in [1.54, 1.807) is 28.8 Å². The first kappa shape index (κ1) is 27.1. The number of aryl methyl sites for hydroxylation is 1. The van der Waals surface area contributed by atoms with Crippen molar-refractivity contribution >= 4 is 46.8 Å². The summed E-state index contributed by atoms with van der Waals surface area (Å²) in [6, 6.07) is 22.7. The van der Waals surface area contributed by atoms with E-state index in [2.05, 4.69) is 29.6 Å². The van der Waals surface area contributed by atoms with Crippen molar-refractivity contribution in [2.75, 3.05) is 12.3 Å². The molecule has 35 heavy (non-hydrogen) atoms. The van der Waals surface area contributed by atoms with Crippen LogP contribution in [0.2, 0.25) is 10.0 Å². The van der Waals surface area contributed by atoms with E-state index in [0.717, 1.165) is 16.0 Å². The molecule has 0 spiro atoms. The van der Waals surface area contributed by atoms with Gasteiger partial charge in [-0.25, -0.2) is 0 Å². The summed E-state index contributed by atoms with van der Waals surface area (Å²) in [7, 11) is 0. The summed E-state index contributed by atoms with van der Waals surface area (Å²) in [5.74, 6) is 0.367. The van der Waals surface area contributed by atoms with Gasteiger partial charge in [0.2, 0.25) is 11.8 Å². The molecule has 0 fully saturated rings. The Kier molecular flexibility index (Phi) is 10.5. The molecule has 3 aromatic rings. The van der Waals surface area contributed by atoms with Gasteiger partial charge in [-0.05, 0) is 49.2 Å². The minimum atomic E-state index is -0.649. The number of thioether (sulfide) groups is 1. The second kappa shape index (κ2) is 13.6. The normalized spacial score (nSPS) is 11.7. The third-order valence-electron chi connectivity index (χ3n) is 5.56. The minimum Gasteiger partial charge on any atom is -0.355 e. The molecule has 3 aromatic carbocycles. The van der Waals surface area contributed by atoms with Gasteiger partial charge in [0, 0.05) is 36.6 Å². The van der Waals surface area contributed by atoms with Gasteiger partial charge in [0.05, 0.1) is 10.0 Å². The van der Waals surface area contributed by atoms with Crippen molar-refractivity contribution in [1.82, 2.24) is 10.2 Å². The number of nitrogens with zero attached hydrogens (tertiary/aromatic N) is 1. The summed E-state index contributed by atoms with van der Waals surface area (Å²) in [5.41, 5.74) is 3.01. The lowest BCUT2D eigenvalue weighted by atomic mass is 10.0. The SMILES string of the molecule is CCNC(=O)[C@@H](Cc1ccccc1)N(Cc1ccc(Cl)c(Cl)c1)C(=O)CCSc1ccc(C)cc1. The lowest BCUT2D eigenvalue weighted by Crippen LogP contribution is -2.50. The molecule has 0 radical (unpaired) electrons. The Morgan fingerprint density at radius 3 is 2.31 bits per heavy atom. The molecule has 0 bridgehead atoms. The van der Waals surface area contributed by atoms with Crippen LogP contribution in [0.1, 0.15) is 30.0 Å². The highest BCUT2D eigenvalue weighted by molar-refractivity contribution is 7.99. The van der Waals surface area contributed by atoms with Crippen LogP contribution in [0.4, 0.5) is 0 Å². The number of rotatable bonds is 11. The molecule has 2 amide bonds. The quantitative estimate of drug-likeness (QED) is 0.286. The molecule has 0 aliphatic heterocycles. The fraction of sp³-hybridized carbons (Fsp3) is 0.286. The van der Waals surface area contributed by atoms with Gasteiger partial charge in [0.15, 0.2) is 0 Å². The van der Waals surface area contributed by atoms with Crippen LogP contribution in [0.5, 0.6) is 0 Å². The van der Waals surface area contributed by atoms with Crippen molar-refractivity contribution < 1.29 is 9.59 Å². The standard InChI is InChI=1S/C28H30Cl2N2O2S/c1-3-31-28(34)26(18-21-7-5-4-6-8-21)32(19-22-11-14-24(29)25(30)17-22)27(33)15-16-35-23-12-9-20(2)10-13-23/h4-14,17,26H,3,15-16,18-19H2,1-2H3,(H,31,34)/t26-/m1/s1. The molecule has 1 atom stereocenters. The fourth-order valence-electron chi connectivity index (χ4n) is 3.71. The van der Waals surface area contributed by atoms with Crippen molar-refractivity contribution in [2.24, 2.45) is 0 Å². The second-order valence-electron chi connectivity index (χ2n) is 8.28. The van der Waals surface area contributed by atoms with Crippen LogP contribution in [0.3, 0.4) is 0 Å². The van der Waals surface area contributed by atoms with Gasteiger partial charge in [0.25, 0.3) is 0 Å². The molecule has 184 valence electrons. The van der Waals surface area contributed by atoms with Gasteiger partial charge >= 0.3 is 0 Å². The molecule has 0 aliphatic rings.